The Balaban J connectivity index is 1.62. The number of aryl methyl sites for hydroxylation is 1. The van der Waals surface area contributed by atoms with Gasteiger partial charge in [0.1, 0.15) is 5.75 Å². The van der Waals surface area contributed by atoms with Gasteiger partial charge < -0.3 is 4.74 Å². The first-order chi connectivity index (χ1) is 12.3. The Morgan fingerprint density at radius 1 is 1.08 bits per heavy atom. The fourth-order valence-corrected chi connectivity index (χ4v) is 4.38. The van der Waals surface area contributed by atoms with Crippen LogP contribution in [0.3, 0.4) is 0 Å². The third-order valence-electron chi connectivity index (χ3n) is 4.81. The zero-order valence-corrected chi connectivity index (χ0v) is 14.6. The van der Waals surface area contributed by atoms with E-state index in [0.29, 0.717) is 0 Å². The molecule has 3 heterocycles. The number of thiazole rings is 1. The van der Waals surface area contributed by atoms with E-state index in [4.69, 9.17) is 9.84 Å². The Kier molecular flexibility index (Phi) is 3.35. The highest BCUT2D eigenvalue weighted by molar-refractivity contribution is 7.09. The Morgan fingerprint density at radius 3 is 2.68 bits per heavy atom. The van der Waals surface area contributed by atoms with Crippen molar-refractivity contribution >= 4 is 17.0 Å². The van der Waals surface area contributed by atoms with Crippen molar-refractivity contribution in [1.82, 2.24) is 9.99 Å². The van der Waals surface area contributed by atoms with Crippen LogP contribution >= 0.6 is 11.3 Å². The lowest BCUT2D eigenvalue weighted by atomic mass is 9.96. The smallest absolute Gasteiger partial charge is 0.224 e. The number of ether oxygens (including phenoxy) is 1. The SMILES string of the molecule is Cc1ncsc1C1Oc2ccccc2C2CC(c3ccccc3)=NN21. The predicted octanol–water partition coefficient (Wildman–Crippen LogP) is 4.69. The number of fused-ring (bicyclic) bond motifs is 3. The molecule has 0 amide bonds. The quantitative estimate of drug-likeness (QED) is 0.675. The second kappa shape index (κ2) is 5.70. The largest absolute Gasteiger partial charge is 0.463 e. The number of aromatic nitrogens is 1. The van der Waals surface area contributed by atoms with Crippen LogP contribution in [0.25, 0.3) is 0 Å². The van der Waals surface area contributed by atoms with Gasteiger partial charge in [0.25, 0.3) is 0 Å². The highest BCUT2D eigenvalue weighted by atomic mass is 32.1. The van der Waals surface area contributed by atoms with Gasteiger partial charge >= 0.3 is 0 Å². The number of para-hydroxylation sites is 1. The molecule has 0 spiro atoms. The molecule has 0 aliphatic carbocycles. The molecule has 4 nitrogen and oxygen atoms in total. The van der Waals surface area contributed by atoms with Gasteiger partial charge in [-0.05, 0) is 18.6 Å². The van der Waals surface area contributed by atoms with Gasteiger partial charge in [0, 0.05) is 12.0 Å². The summed E-state index contributed by atoms with van der Waals surface area (Å²) in [4.78, 5) is 5.53. The second-order valence-corrected chi connectivity index (χ2v) is 7.21. The number of hydrogen-bond donors (Lipinski definition) is 0. The van der Waals surface area contributed by atoms with Gasteiger partial charge in [-0.15, -0.1) is 11.3 Å². The zero-order valence-electron chi connectivity index (χ0n) is 13.8. The van der Waals surface area contributed by atoms with Crippen molar-refractivity contribution in [3.8, 4) is 5.75 Å². The minimum Gasteiger partial charge on any atom is -0.463 e. The van der Waals surface area contributed by atoms with Gasteiger partial charge in [0.2, 0.25) is 6.23 Å². The molecule has 0 radical (unpaired) electrons. The molecule has 2 unspecified atom stereocenters. The molecule has 0 fully saturated rings. The number of benzene rings is 2. The Morgan fingerprint density at radius 2 is 1.88 bits per heavy atom. The molecule has 0 bridgehead atoms. The maximum atomic E-state index is 6.34. The van der Waals surface area contributed by atoms with Gasteiger partial charge in [0.05, 0.1) is 27.8 Å². The monoisotopic (exact) mass is 347 g/mol. The molecular formula is C20H17N3OS. The van der Waals surface area contributed by atoms with Gasteiger partial charge in [-0.1, -0.05) is 48.5 Å². The Bertz CT molecular complexity index is 950. The fourth-order valence-electron chi connectivity index (χ4n) is 3.56. The third-order valence-corrected chi connectivity index (χ3v) is 5.77. The van der Waals surface area contributed by atoms with E-state index in [2.05, 4.69) is 52.5 Å². The van der Waals surface area contributed by atoms with Crippen molar-refractivity contribution in [3.05, 3.63) is 81.8 Å². The molecule has 1 aromatic heterocycles. The third kappa shape index (κ3) is 2.35. The van der Waals surface area contributed by atoms with Crippen LogP contribution in [0.4, 0.5) is 0 Å². The van der Waals surface area contributed by atoms with Crippen molar-refractivity contribution in [2.45, 2.75) is 25.6 Å². The summed E-state index contributed by atoms with van der Waals surface area (Å²) in [7, 11) is 0. The summed E-state index contributed by atoms with van der Waals surface area (Å²) >= 11 is 1.63. The maximum Gasteiger partial charge on any atom is 0.224 e. The minimum absolute atomic E-state index is 0.201. The van der Waals surface area contributed by atoms with Crippen LogP contribution in [-0.2, 0) is 0 Å². The molecular weight excluding hydrogens is 330 g/mol. The lowest BCUT2D eigenvalue weighted by Crippen LogP contribution is -2.33. The zero-order chi connectivity index (χ0) is 16.8. The van der Waals surface area contributed by atoms with Crippen LogP contribution in [0, 0.1) is 6.92 Å². The lowest BCUT2D eigenvalue weighted by Gasteiger charge is -2.37. The van der Waals surface area contributed by atoms with E-state index < -0.39 is 0 Å². The van der Waals surface area contributed by atoms with Crippen LogP contribution < -0.4 is 4.74 Å². The van der Waals surface area contributed by atoms with E-state index in [9.17, 15) is 0 Å². The van der Waals surface area contributed by atoms with E-state index in [0.717, 1.165) is 28.5 Å². The summed E-state index contributed by atoms with van der Waals surface area (Å²) < 4.78 is 6.34. The molecule has 124 valence electrons. The Labute approximate surface area is 150 Å². The molecule has 5 rings (SSSR count). The van der Waals surface area contributed by atoms with E-state index in [1.807, 2.05) is 24.6 Å². The number of rotatable bonds is 2. The van der Waals surface area contributed by atoms with Crippen molar-refractivity contribution in [2.75, 3.05) is 0 Å². The highest BCUT2D eigenvalue weighted by Crippen LogP contribution is 2.48. The fraction of sp³-hybridized carbons (Fsp3) is 0.200. The first-order valence-electron chi connectivity index (χ1n) is 8.38. The minimum atomic E-state index is -0.214. The molecule has 2 aliphatic rings. The summed E-state index contributed by atoms with van der Waals surface area (Å²) in [5.74, 6) is 0.950. The van der Waals surface area contributed by atoms with Gasteiger partial charge in [-0.3, -0.25) is 0 Å². The average molecular weight is 347 g/mol. The maximum absolute atomic E-state index is 6.34. The molecule has 0 N–H and O–H groups in total. The summed E-state index contributed by atoms with van der Waals surface area (Å²) in [5, 5.41) is 7.08. The normalized spacial score (nSPS) is 21.3. The molecule has 2 aliphatic heterocycles. The predicted molar refractivity (Wildman–Crippen MR) is 98.8 cm³/mol. The standard InChI is InChI=1S/C20H17N3OS/c1-13-19(25-12-21-13)20-23-17(15-9-5-6-10-18(15)24-20)11-16(22-23)14-7-3-2-4-8-14/h2-10,12,17,20H,11H2,1H3. The van der Waals surface area contributed by atoms with Crippen molar-refractivity contribution in [3.63, 3.8) is 0 Å². The molecule has 0 saturated heterocycles. The molecule has 2 aromatic carbocycles. The molecule has 2 atom stereocenters. The van der Waals surface area contributed by atoms with E-state index in [1.165, 1.54) is 11.1 Å². The summed E-state index contributed by atoms with van der Waals surface area (Å²) in [6, 6.07) is 18.9. The van der Waals surface area contributed by atoms with Crippen LogP contribution in [0.5, 0.6) is 5.75 Å². The van der Waals surface area contributed by atoms with Crippen molar-refractivity contribution in [2.24, 2.45) is 5.10 Å². The highest BCUT2D eigenvalue weighted by Gasteiger charge is 2.41. The summed E-state index contributed by atoms with van der Waals surface area (Å²) in [5.41, 5.74) is 6.38. The summed E-state index contributed by atoms with van der Waals surface area (Å²) in [6.45, 7) is 2.03. The Hall–Kier alpha value is -2.66. The van der Waals surface area contributed by atoms with E-state index >= 15 is 0 Å². The van der Waals surface area contributed by atoms with Gasteiger partial charge in [-0.2, -0.15) is 5.10 Å². The van der Waals surface area contributed by atoms with E-state index in [1.54, 1.807) is 11.3 Å². The summed E-state index contributed by atoms with van der Waals surface area (Å²) in [6.07, 6.45) is 0.673. The van der Waals surface area contributed by atoms with Crippen LogP contribution in [0.15, 0.2) is 65.2 Å². The van der Waals surface area contributed by atoms with Gasteiger partial charge in [0.15, 0.2) is 0 Å². The molecule has 3 aromatic rings. The topological polar surface area (TPSA) is 37.7 Å². The average Bonchev–Trinajstić information content (AvgIpc) is 3.28. The van der Waals surface area contributed by atoms with Crippen LogP contribution in [0.1, 0.15) is 40.4 Å². The van der Waals surface area contributed by atoms with E-state index in [-0.39, 0.29) is 12.3 Å². The van der Waals surface area contributed by atoms with Gasteiger partial charge in [-0.25, -0.2) is 9.99 Å². The second-order valence-electron chi connectivity index (χ2n) is 6.32. The number of hydrazone groups is 1. The molecule has 5 heteroatoms. The number of hydrogen-bond acceptors (Lipinski definition) is 5. The first-order valence-corrected chi connectivity index (χ1v) is 9.26. The van der Waals surface area contributed by atoms with Crippen molar-refractivity contribution in [1.29, 1.82) is 0 Å². The molecule has 0 saturated carbocycles. The van der Waals surface area contributed by atoms with Crippen LogP contribution in [-0.4, -0.2) is 15.7 Å². The van der Waals surface area contributed by atoms with Crippen molar-refractivity contribution < 1.29 is 4.74 Å². The van der Waals surface area contributed by atoms with Crippen LogP contribution in [0.2, 0.25) is 0 Å². The number of nitrogens with zero attached hydrogens (tertiary/aromatic N) is 3. The molecule has 25 heavy (non-hydrogen) atoms. The lowest BCUT2D eigenvalue weighted by molar-refractivity contribution is -0.0171. The first kappa shape index (κ1) is 14.7.